The molecule has 0 saturated carbocycles. The van der Waals surface area contributed by atoms with Gasteiger partial charge >= 0.3 is 0 Å². The molecule has 0 aliphatic heterocycles. The molecule has 3 rings (SSSR count). The highest BCUT2D eigenvalue weighted by molar-refractivity contribution is 8.00. The number of halogens is 1. The quantitative estimate of drug-likeness (QED) is 0.484. The molecular formula is C19H18FN3O2S. The van der Waals surface area contributed by atoms with Crippen molar-refractivity contribution < 1.29 is 13.9 Å². The average Bonchev–Trinajstić information content (AvgIpc) is 3.02. The summed E-state index contributed by atoms with van der Waals surface area (Å²) in [6, 6.07) is 13.1. The zero-order valence-electron chi connectivity index (χ0n) is 14.6. The van der Waals surface area contributed by atoms with Gasteiger partial charge in [-0.3, -0.25) is 4.79 Å². The van der Waals surface area contributed by atoms with Gasteiger partial charge in [-0.15, -0.1) is 10.2 Å². The maximum atomic E-state index is 13.0. The molecule has 0 unspecified atom stereocenters. The van der Waals surface area contributed by atoms with E-state index in [9.17, 15) is 9.18 Å². The van der Waals surface area contributed by atoms with E-state index in [4.69, 9.17) is 4.74 Å². The topological polar surface area (TPSA) is 57.0 Å². The first kappa shape index (κ1) is 18.1. The van der Waals surface area contributed by atoms with E-state index < -0.39 is 0 Å². The number of ether oxygens (including phenoxy) is 1. The largest absolute Gasteiger partial charge is 0.497 e. The number of rotatable bonds is 6. The van der Waals surface area contributed by atoms with Crippen LogP contribution in [0, 0.1) is 5.82 Å². The summed E-state index contributed by atoms with van der Waals surface area (Å²) in [7, 11) is 3.47. The van der Waals surface area contributed by atoms with Gasteiger partial charge in [0.15, 0.2) is 16.8 Å². The minimum Gasteiger partial charge on any atom is -0.497 e. The molecule has 1 atom stereocenters. The summed E-state index contributed by atoms with van der Waals surface area (Å²) in [5.41, 5.74) is 1.38. The molecule has 0 spiro atoms. The van der Waals surface area contributed by atoms with Crippen LogP contribution in [-0.2, 0) is 7.05 Å². The predicted octanol–water partition coefficient (Wildman–Crippen LogP) is 3.99. The van der Waals surface area contributed by atoms with Crippen molar-refractivity contribution in [2.45, 2.75) is 17.3 Å². The number of nitrogens with zero attached hydrogens (tertiary/aromatic N) is 3. The SMILES string of the molecule is COc1ccc(-c2nnc(S[C@H](C)C(=O)c3ccc(F)cc3)n2C)cc1. The number of benzene rings is 2. The van der Waals surface area contributed by atoms with Crippen molar-refractivity contribution in [2.75, 3.05) is 7.11 Å². The molecule has 5 nitrogen and oxygen atoms in total. The summed E-state index contributed by atoms with van der Waals surface area (Å²) < 4.78 is 20.0. The highest BCUT2D eigenvalue weighted by Gasteiger charge is 2.20. The van der Waals surface area contributed by atoms with E-state index in [1.54, 1.807) is 14.0 Å². The Morgan fingerprint density at radius 3 is 2.38 bits per heavy atom. The Morgan fingerprint density at radius 1 is 1.12 bits per heavy atom. The molecule has 0 bridgehead atoms. The smallest absolute Gasteiger partial charge is 0.191 e. The van der Waals surface area contributed by atoms with Gasteiger partial charge in [0.05, 0.1) is 12.4 Å². The number of carbonyl (C=O) groups excluding carboxylic acids is 1. The second-order valence-corrected chi connectivity index (χ2v) is 7.03. The molecule has 0 aliphatic rings. The van der Waals surface area contributed by atoms with Crippen molar-refractivity contribution >= 4 is 17.5 Å². The third-order valence-corrected chi connectivity index (χ3v) is 5.10. The van der Waals surface area contributed by atoms with Gasteiger partial charge in [-0.2, -0.15) is 0 Å². The minimum atomic E-state index is -0.368. The first-order valence-corrected chi connectivity index (χ1v) is 8.88. The van der Waals surface area contributed by atoms with Crippen molar-refractivity contribution in [3.05, 3.63) is 59.9 Å². The van der Waals surface area contributed by atoms with Crippen LogP contribution in [0.1, 0.15) is 17.3 Å². The lowest BCUT2D eigenvalue weighted by Crippen LogP contribution is -2.14. The zero-order valence-corrected chi connectivity index (χ0v) is 15.5. The van der Waals surface area contributed by atoms with Gasteiger partial charge in [0, 0.05) is 18.2 Å². The molecule has 0 N–H and O–H groups in total. The monoisotopic (exact) mass is 371 g/mol. The van der Waals surface area contributed by atoms with Gasteiger partial charge in [-0.05, 0) is 55.5 Å². The maximum Gasteiger partial charge on any atom is 0.191 e. The van der Waals surface area contributed by atoms with E-state index in [1.807, 2.05) is 35.9 Å². The zero-order chi connectivity index (χ0) is 18.7. The fourth-order valence-electron chi connectivity index (χ4n) is 2.47. The summed E-state index contributed by atoms with van der Waals surface area (Å²) in [4.78, 5) is 12.5. The lowest BCUT2D eigenvalue weighted by Gasteiger charge is -2.10. The third-order valence-electron chi connectivity index (χ3n) is 3.96. The fourth-order valence-corrected chi connectivity index (χ4v) is 3.36. The van der Waals surface area contributed by atoms with Crippen LogP contribution in [0.15, 0.2) is 53.7 Å². The van der Waals surface area contributed by atoms with Gasteiger partial charge in [-0.25, -0.2) is 4.39 Å². The molecule has 0 radical (unpaired) electrons. The fraction of sp³-hybridized carbons (Fsp3) is 0.211. The Morgan fingerprint density at radius 2 is 1.77 bits per heavy atom. The van der Waals surface area contributed by atoms with Gasteiger partial charge in [0.25, 0.3) is 0 Å². The minimum absolute atomic E-state index is 0.0796. The number of methoxy groups -OCH3 is 1. The van der Waals surface area contributed by atoms with Crippen LogP contribution in [-0.4, -0.2) is 32.9 Å². The Kier molecular flexibility index (Phi) is 5.37. The summed E-state index contributed by atoms with van der Waals surface area (Å²) in [6.45, 7) is 1.80. The third kappa shape index (κ3) is 3.77. The Bertz CT molecular complexity index is 908. The van der Waals surface area contributed by atoms with Crippen LogP contribution < -0.4 is 4.74 Å². The van der Waals surface area contributed by atoms with Crippen molar-refractivity contribution in [3.63, 3.8) is 0 Å². The Hall–Kier alpha value is -2.67. The molecule has 0 fully saturated rings. The first-order chi connectivity index (χ1) is 12.5. The van der Waals surface area contributed by atoms with E-state index in [1.165, 1.54) is 36.0 Å². The number of carbonyl (C=O) groups is 1. The lowest BCUT2D eigenvalue weighted by atomic mass is 10.1. The van der Waals surface area contributed by atoms with Crippen molar-refractivity contribution in [2.24, 2.45) is 7.05 Å². The lowest BCUT2D eigenvalue weighted by molar-refractivity contribution is 0.0994. The highest BCUT2D eigenvalue weighted by Crippen LogP contribution is 2.28. The molecule has 3 aromatic rings. The Balaban J connectivity index is 1.76. The number of thioether (sulfide) groups is 1. The number of hydrogen-bond donors (Lipinski definition) is 0. The molecule has 0 aliphatic carbocycles. The van der Waals surface area contributed by atoms with Gasteiger partial charge in [-0.1, -0.05) is 11.8 Å². The maximum absolute atomic E-state index is 13.0. The van der Waals surface area contributed by atoms with Crippen LogP contribution in [0.4, 0.5) is 4.39 Å². The number of ketones is 1. The molecule has 1 aromatic heterocycles. The van der Waals surface area contributed by atoms with Crippen molar-refractivity contribution in [1.82, 2.24) is 14.8 Å². The van der Waals surface area contributed by atoms with E-state index in [0.29, 0.717) is 16.5 Å². The van der Waals surface area contributed by atoms with Crippen molar-refractivity contribution in [1.29, 1.82) is 0 Å². The van der Waals surface area contributed by atoms with Gasteiger partial charge < -0.3 is 9.30 Å². The molecule has 7 heteroatoms. The standard InChI is InChI=1S/C19H18FN3O2S/c1-12(17(24)13-4-8-15(20)9-5-13)26-19-22-21-18(23(19)2)14-6-10-16(25-3)11-7-14/h4-12H,1-3H3/t12-/m1/s1. The van der Waals surface area contributed by atoms with E-state index >= 15 is 0 Å². The van der Waals surface area contributed by atoms with Crippen LogP contribution in [0.5, 0.6) is 5.75 Å². The first-order valence-electron chi connectivity index (χ1n) is 8.00. The van der Waals surface area contributed by atoms with Crippen molar-refractivity contribution in [3.8, 4) is 17.1 Å². The van der Waals surface area contributed by atoms with Crippen LogP contribution in [0.2, 0.25) is 0 Å². The number of Topliss-reactive ketones (excluding diaryl/α,β-unsaturated/α-hetero) is 1. The van der Waals surface area contributed by atoms with Gasteiger partial charge in [0.1, 0.15) is 11.6 Å². The molecule has 0 amide bonds. The van der Waals surface area contributed by atoms with Crippen LogP contribution >= 0.6 is 11.8 Å². The molecule has 1 heterocycles. The van der Waals surface area contributed by atoms with Crippen LogP contribution in [0.3, 0.4) is 0 Å². The molecule has 2 aromatic carbocycles. The Labute approximate surface area is 155 Å². The summed E-state index contributed by atoms with van der Waals surface area (Å²) >= 11 is 1.32. The van der Waals surface area contributed by atoms with Crippen LogP contribution in [0.25, 0.3) is 11.4 Å². The summed E-state index contributed by atoms with van der Waals surface area (Å²) in [5.74, 6) is 1.03. The second kappa shape index (κ2) is 7.70. The van der Waals surface area contributed by atoms with E-state index in [2.05, 4.69) is 10.2 Å². The number of hydrogen-bond acceptors (Lipinski definition) is 5. The molecule has 26 heavy (non-hydrogen) atoms. The highest BCUT2D eigenvalue weighted by atomic mass is 32.2. The molecule has 0 saturated heterocycles. The molecule has 134 valence electrons. The average molecular weight is 371 g/mol. The summed E-state index contributed by atoms with van der Waals surface area (Å²) in [5, 5.41) is 8.70. The van der Waals surface area contributed by atoms with E-state index in [0.717, 1.165) is 11.3 Å². The number of aromatic nitrogens is 3. The predicted molar refractivity (Wildman–Crippen MR) is 99.0 cm³/mol. The van der Waals surface area contributed by atoms with E-state index in [-0.39, 0.29) is 16.9 Å². The second-order valence-electron chi connectivity index (χ2n) is 5.72. The summed E-state index contributed by atoms with van der Waals surface area (Å²) in [6.07, 6.45) is 0. The van der Waals surface area contributed by atoms with Gasteiger partial charge in [0.2, 0.25) is 0 Å². The normalized spacial score (nSPS) is 12.0. The molecular weight excluding hydrogens is 353 g/mol.